The Kier molecular flexibility index (Phi) is 5.06. The second-order valence-electron chi connectivity index (χ2n) is 5.50. The molecule has 0 bridgehead atoms. The Morgan fingerprint density at radius 3 is 2.67 bits per heavy atom. The third kappa shape index (κ3) is 4.34. The van der Waals surface area contributed by atoms with Crippen molar-refractivity contribution >= 4 is 0 Å². The van der Waals surface area contributed by atoms with E-state index in [2.05, 4.69) is 43.4 Å². The molecular formula is C16H25NO. The molecule has 1 aromatic rings. The van der Waals surface area contributed by atoms with E-state index < -0.39 is 0 Å². The molecule has 0 aromatic heterocycles. The maximum absolute atomic E-state index is 5.64. The van der Waals surface area contributed by atoms with E-state index in [0.717, 1.165) is 11.8 Å². The molecule has 1 aliphatic heterocycles. The van der Waals surface area contributed by atoms with Gasteiger partial charge in [-0.15, -0.1) is 0 Å². The molecule has 2 rings (SSSR count). The fourth-order valence-corrected chi connectivity index (χ4v) is 2.56. The van der Waals surface area contributed by atoms with E-state index in [1.807, 2.05) is 0 Å². The molecule has 1 saturated heterocycles. The standard InChI is InChI=1S/C16H25NO/c1-13(2)18-16-10-8-14(9-11-16)5-3-6-15-7-4-12-17-15/h8-11,13,15,17H,3-7,12H2,1-2H3. The molecule has 1 fully saturated rings. The minimum Gasteiger partial charge on any atom is -0.491 e. The van der Waals surface area contributed by atoms with Gasteiger partial charge >= 0.3 is 0 Å². The lowest BCUT2D eigenvalue weighted by Gasteiger charge is -2.11. The minimum atomic E-state index is 0.254. The van der Waals surface area contributed by atoms with Gasteiger partial charge in [0, 0.05) is 6.04 Å². The zero-order chi connectivity index (χ0) is 12.8. The molecule has 1 N–H and O–H groups in total. The van der Waals surface area contributed by atoms with Crippen molar-refractivity contribution in [1.29, 1.82) is 0 Å². The minimum absolute atomic E-state index is 0.254. The monoisotopic (exact) mass is 247 g/mol. The molecule has 0 aliphatic carbocycles. The summed E-state index contributed by atoms with van der Waals surface area (Å²) in [6.45, 7) is 5.33. The van der Waals surface area contributed by atoms with Crippen LogP contribution in [0.25, 0.3) is 0 Å². The summed E-state index contributed by atoms with van der Waals surface area (Å²) >= 11 is 0. The Morgan fingerprint density at radius 1 is 1.28 bits per heavy atom. The van der Waals surface area contributed by atoms with Crippen molar-refractivity contribution in [3.05, 3.63) is 29.8 Å². The average molecular weight is 247 g/mol. The number of rotatable bonds is 6. The van der Waals surface area contributed by atoms with Crippen molar-refractivity contribution in [2.45, 2.75) is 58.1 Å². The van der Waals surface area contributed by atoms with Crippen LogP contribution in [0.4, 0.5) is 0 Å². The van der Waals surface area contributed by atoms with Crippen molar-refractivity contribution in [2.24, 2.45) is 0 Å². The Labute approximate surface area is 111 Å². The van der Waals surface area contributed by atoms with E-state index in [1.165, 1.54) is 44.2 Å². The summed E-state index contributed by atoms with van der Waals surface area (Å²) in [5.74, 6) is 0.978. The van der Waals surface area contributed by atoms with Gasteiger partial charge in [0.25, 0.3) is 0 Å². The fourth-order valence-electron chi connectivity index (χ4n) is 2.56. The molecular weight excluding hydrogens is 222 g/mol. The van der Waals surface area contributed by atoms with Crippen LogP contribution in [0, 0.1) is 0 Å². The summed E-state index contributed by atoms with van der Waals surface area (Å²) in [6, 6.07) is 9.33. The van der Waals surface area contributed by atoms with Crippen LogP contribution in [0.5, 0.6) is 5.75 Å². The van der Waals surface area contributed by atoms with Crippen LogP contribution < -0.4 is 10.1 Å². The van der Waals surface area contributed by atoms with E-state index >= 15 is 0 Å². The van der Waals surface area contributed by atoms with Gasteiger partial charge in [-0.1, -0.05) is 12.1 Å². The molecule has 0 amide bonds. The van der Waals surface area contributed by atoms with E-state index in [1.54, 1.807) is 0 Å². The van der Waals surface area contributed by atoms with Gasteiger partial charge in [-0.2, -0.15) is 0 Å². The molecule has 1 unspecified atom stereocenters. The molecule has 18 heavy (non-hydrogen) atoms. The largest absolute Gasteiger partial charge is 0.491 e. The zero-order valence-electron chi connectivity index (χ0n) is 11.6. The van der Waals surface area contributed by atoms with Gasteiger partial charge in [-0.25, -0.2) is 0 Å². The van der Waals surface area contributed by atoms with Crippen LogP contribution in [0.3, 0.4) is 0 Å². The van der Waals surface area contributed by atoms with Crippen molar-refractivity contribution in [3.63, 3.8) is 0 Å². The lowest BCUT2D eigenvalue weighted by molar-refractivity contribution is 0.242. The molecule has 2 heteroatoms. The first-order valence-corrected chi connectivity index (χ1v) is 7.23. The van der Waals surface area contributed by atoms with Gasteiger partial charge in [0.2, 0.25) is 0 Å². The molecule has 1 atom stereocenters. The first-order chi connectivity index (χ1) is 8.74. The third-order valence-corrected chi connectivity index (χ3v) is 3.48. The van der Waals surface area contributed by atoms with Crippen molar-refractivity contribution in [3.8, 4) is 5.75 Å². The van der Waals surface area contributed by atoms with Gasteiger partial charge < -0.3 is 10.1 Å². The second-order valence-corrected chi connectivity index (χ2v) is 5.50. The average Bonchev–Trinajstić information content (AvgIpc) is 2.84. The summed E-state index contributed by atoms with van der Waals surface area (Å²) in [6.07, 6.45) is 6.74. The predicted molar refractivity (Wildman–Crippen MR) is 76.2 cm³/mol. The molecule has 1 aromatic carbocycles. The second kappa shape index (κ2) is 6.79. The van der Waals surface area contributed by atoms with E-state index in [4.69, 9.17) is 4.74 Å². The lowest BCUT2D eigenvalue weighted by Crippen LogP contribution is -2.20. The number of nitrogens with one attached hydrogen (secondary N) is 1. The maximum atomic E-state index is 5.64. The van der Waals surface area contributed by atoms with Crippen LogP contribution in [0.15, 0.2) is 24.3 Å². The highest BCUT2D eigenvalue weighted by Gasteiger charge is 2.12. The number of hydrogen-bond acceptors (Lipinski definition) is 2. The van der Waals surface area contributed by atoms with E-state index in [-0.39, 0.29) is 6.10 Å². The summed E-state index contributed by atoms with van der Waals surface area (Å²) in [4.78, 5) is 0. The molecule has 0 radical (unpaired) electrons. The molecule has 100 valence electrons. The summed E-state index contributed by atoms with van der Waals surface area (Å²) in [7, 11) is 0. The maximum Gasteiger partial charge on any atom is 0.119 e. The van der Waals surface area contributed by atoms with Crippen LogP contribution >= 0.6 is 0 Å². The topological polar surface area (TPSA) is 21.3 Å². The number of benzene rings is 1. The number of hydrogen-bond donors (Lipinski definition) is 1. The SMILES string of the molecule is CC(C)Oc1ccc(CCCC2CCCN2)cc1. The number of ether oxygens (including phenoxy) is 1. The van der Waals surface area contributed by atoms with Crippen LogP contribution in [-0.4, -0.2) is 18.7 Å². The van der Waals surface area contributed by atoms with Gasteiger partial charge in [0.1, 0.15) is 5.75 Å². The van der Waals surface area contributed by atoms with Gasteiger partial charge in [0.05, 0.1) is 6.10 Å². The fraction of sp³-hybridized carbons (Fsp3) is 0.625. The van der Waals surface area contributed by atoms with E-state index in [0.29, 0.717) is 0 Å². The predicted octanol–water partition coefficient (Wildman–Crippen LogP) is 3.55. The summed E-state index contributed by atoms with van der Waals surface area (Å²) in [5.41, 5.74) is 1.42. The highest BCUT2D eigenvalue weighted by molar-refractivity contribution is 5.27. The quantitative estimate of drug-likeness (QED) is 0.830. The normalized spacial score (nSPS) is 19.4. The Balaban J connectivity index is 1.72. The molecule has 1 heterocycles. The van der Waals surface area contributed by atoms with Crippen molar-refractivity contribution in [2.75, 3.05) is 6.54 Å². The van der Waals surface area contributed by atoms with Crippen LogP contribution in [0.1, 0.15) is 45.1 Å². The molecule has 0 spiro atoms. The Morgan fingerprint density at radius 2 is 2.06 bits per heavy atom. The summed E-state index contributed by atoms with van der Waals surface area (Å²) < 4.78 is 5.64. The highest BCUT2D eigenvalue weighted by atomic mass is 16.5. The molecule has 1 aliphatic rings. The third-order valence-electron chi connectivity index (χ3n) is 3.48. The number of aryl methyl sites for hydroxylation is 1. The lowest BCUT2D eigenvalue weighted by atomic mass is 10.0. The summed E-state index contributed by atoms with van der Waals surface area (Å²) in [5, 5.41) is 3.55. The van der Waals surface area contributed by atoms with Gasteiger partial charge in [-0.05, 0) is 70.2 Å². The Bertz CT molecular complexity index is 339. The van der Waals surface area contributed by atoms with Gasteiger partial charge in [-0.3, -0.25) is 0 Å². The smallest absolute Gasteiger partial charge is 0.119 e. The molecule has 2 nitrogen and oxygen atoms in total. The van der Waals surface area contributed by atoms with Gasteiger partial charge in [0.15, 0.2) is 0 Å². The first-order valence-electron chi connectivity index (χ1n) is 7.23. The van der Waals surface area contributed by atoms with Crippen molar-refractivity contribution < 1.29 is 4.74 Å². The first kappa shape index (κ1) is 13.4. The van der Waals surface area contributed by atoms with E-state index in [9.17, 15) is 0 Å². The van der Waals surface area contributed by atoms with Crippen LogP contribution in [-0.2, 0) is 6.42 Å². The van der Waals surface area contributed by atoms with Crippen molar-refractivity contribution in [1.82, 2.24) is 5.32 Å². The van der Waals surface area contributed by atoms with Crippen LogP contribution in [0.2, 0.25) is 0 Å². The zero-order valence-corrected chi connectivity index (χ0v) is 11.6. The highest BCUT2D eigenvalue weighted by Crippen LogP contribution is 2.17. The Hall–Kier alpha value is -1.02. The molecule has 0 saturated carbocycles.